The Bertz CT molecular complexity index is 1340. The van der Waals surface area contributed by atoms with Crippen LogP contribution in [-0.2, 0) is 18.2 Å². The average molecular weight is 458 g/mol. The maximum absolute atomic E-state index is 13.2. The van der Waals surface area contributed by atoms with Gasteiger partial charge in [-0.2, -0.15) is 8.78 Å². The Kier molecular flexibility index (Phi) is 5.38. The summed E-state index contributed by atoms with van der Waals surface area (Å²) in [5.41, 5.74) is 0.694. The Hall–Kier alpha value is -3.49. The first-order valence-electron chi connectivity index (χ1n) is 10.4. The number of fused-ring (bicyclic) bond motifs is 5. The van der Waals surface area contributed by atoms with Gasteiger partial charge in [-0.3, -0.25) is 9.78 Å². The molecule has 7 nitrogen and oxygen atoms in total. The van der Waals surface area contributed by atoms with Crippen LogP contribution in [0, 0.1) is 5.41 Å². The summed E-state index contributed by atoms with van der Waals surface area (Å²) >= 11 is 0. The van der Waals surface area contributed by atoms with Crippen LogP contribution in [0.25, 0.3) is 22.2 Å². The summed E-state index contributed by atoms with van der Waals surface area (Å²) < 4.78 is 37.1. The Labute approximate surface area is 188 Å². The predicted octanol–water partition coefficient (Wildman–Crippen LogP) is 4.38. The number of rotatable bonds is 3. The van der Waals surface area contributed by atoms with Crippen molar-refractivity contribution in [2.75, 3.05) is 7.11 Å². The van der Waals surface area contributed by atoms with E-state index in [1.54, 1.807) is 12.1 Å². The van der Waals surface area contributed by atoms with Gasteiger partial charge in [-0.1, -0.05) is 26.8 Å². The number of nitrogens with zero attached hydrogens (tertiary/aromatic N) is 2. The van der Waals surface area contributed by atoms with Crippen LogP contribution in [0.2, 0.25) is 0 Å². The molecule has 0 saturated carbocycles. The zero-order chi connectivity index (χ0) is 24.2. The number of pyridine rings is 2. The highest BCUT2D eigenvalue weighted by molar-refractivity contribution is 5.97. The third-order valence-electron chi connectivity index (χ3n) is 6.23. The van der Waals surface area contributed by atoms with Crippen molar-refractivity contribution in [1.29, 1.82) is 0 Å². The third-order valence-corrected chi connectivity index (χ3v) is 6.23. The maximum Gasteiger partial charge on any atom is 0.387 e. The number of aromatic hydroxyl groups is 1. The molecule has 0 aliphatic heterocycles. The van der Waals surface area contributed by atoms with Gasteiger partial charge in [0.15, 0.2) is 11.3 Å². The lowest BCUT2D eigenvalue weighted by Gasteiger charge is -2.38. The van der Waals surface area contributed by atoms with Crippen LogP contribution in [0.4, 0.5) is 8.78 Å². The molecule has 9 heteroatoms. The molecule has 1 aliphatic rings. The van der Waals surface area contributed by atoms with Crippen LogP contribution in [0.3, 0.4) is 0 Å². The fourth-order valence-electron chi connectivity index (χ4n) is 4.68. The Morgan fingerprint density at radius 3 is 2.64 bits per heavy atom. The normalized spacial score (nSPS) is 15.3. The number of carbonyl (C=O) groups is 1. The second-order valence-electron chi connectivity index (χ2n) is 9.14. The molecule has 174 valence electrons. The van der Waals surface area contributed by atoms with E-state index < -0.39 is 29.5 Å². The van der Waals surface area contributed by atoms with Crippen molar-refractivity contribution in [3.63, 3.8) is 0 Å². The highest BCUT2D eigenvalue weighted by Gasteiger charge is 2.40. The molecule has 33 heavy (non-hydrogen) atoms. The van der Waals surface area contributed by atoms with Gasteiger partial charge in [-0.05, 0) is 35.4 Å². The Morgan fingerprint density at radius 2 is 2.03 bits per heavy atom. The molecule has 0 radical (unpaired) electrons. The zero-order valence-corrected chi connectivity index (χ0v) is 18.9. The minimum absolute atomic E-state index is 0.136. The van der Waals surface area contributed by atoms with E-state index >= 15 is 0 Å². The maximum atomic E-state index is 13.2. The molecule has 4 rings (SSSR count). The summed E-state index contributed by atoms with van der Waals surface area (Å²) in [6.07, 6.45) is 1.92. The fraction of sp³-hybridized carbons (Fsp3) is 0.375. The van der Waals surface area contributed by atoms with Gasteiger partial charge in [0.05, 0.1) is 12.8 Å². The molecule has 1 N–H and O–H groups in total. The Balaban J connectivity index is 2.18. The van der Waals surface area contributed by atoms with Crippen molar-refractivity contribution in [3.05, 3.63) is 51.4 Å². The number of aromatic nitrogens is 2. The number of halogens is 2. The molecule has 3 aromatic rings. The van der Waals surface area contributed by atoms with Gasteiger partial charge >= 0.3 is 12.6 Å². The number of carbonyl (C=O) groups excluding carboxylic acids is 1. The lowest BCUT2D eigenvalue weighted by Crippen LogP contribution is -2.33. The molecule has 1 aromatic carbocycles. The first-order valence-corrected chi connectivity index (χ1v) is 10.4. The lowest BCUT2D eigenvalue weighted by atomic mass is 9.67. The third kappa shape index (κ3) is 3.51. The van der Waals surface area contributed by atoms with Gasteiger partial charge in [-0.25, -0.2) is 4.79 Å². The van der Waals surface area contributed by atoms with Crippen LogP contribution in [0.5, 0.6) is 11.5 Å². The number of esters is 1. The Morgan fingerprint density at radius 1 is 1.33 bits per heavy atom. The molecule has 0 fully saturated rings. The number of alkyl halides is 2. The van der Waals surface area contributed by atoms with Crippen LogP contribution in [0.15, 0.2) is 29.2 Å². The van der Waals surface area contributed by atoms with Crippen molar-refractivity contribution < 1.29 is 28.2 Å². The topological polar surface area (TPSA) is 90.7 Å². The average Bonchev–Trinajstić information content (AvgIpc) is 2.75. The standard InChI is InChI=1S/C24H24F2N2O5/c1-24(2,3)14-9-12-11-7-6-8-27-18(11)15(33-23(25)26)10-13(12)19-16(14)20(29)17(22(31)32-5)21(30)28(19)4/h6-8,10,14,23,29H,9H2,1-5H3. The molecule has 0 amide bonds. The van der Waals surface area contributed by atoms with Crippen molar-refractivity contribution in [3.8, 4) is 22.8 Å². The predicted molar refractivity (Wildman–Crippen MR) is 118 cm³/mol. The molecular formula is C24H24F2N2O5. The quantitative estimate of drug-likeness (QED) is 0.586. The van der Waals surface area contributed by atoms with Crippen molar-refractivity contribution in [2.24, 2.45) is 12.5 Å². The van der Waals surface area contributed by atoms with Gasteiger partial charge in [0, 0.05) is 29.8 Å². The summed E-state index contributed by atoms with van der Waals surface area (Å²) in [7, 11) is 2.60. The summed E-state index contributed by atoms with van der Waals surface area (Å²) in [5, 5.41) is 11.8. The number of hydrogen-bond acceptors (Lipinski definition) is 6. The highest BCUT2D eigenvalue weighted by atomic mass is 19.3. The van der Waals surface area contributed by atoms with Gasteiger partial charge in [-0.15, -0.1) is 0 Å². The molecule has 0 saturated heterocycles. The summed E-state index contributed by atoms with van der Waals surface area (Å²) in [4.78, 5) is 29.7. The van der Waals surface area contributed by atoms with Gasteiger partial charge in [0.1, 0.15) is 11.3 Å². The second-order valence-corrected chi connectivity index (χ2v) is 9.14. The van der Waals surface area contributed by atoms with Crippen LogP contribution >= 0.6 is 0 Å². The molecule has 1 aliphatic carbocycles. The first kappa shape index (κ1) is 22.7. The molecular weight excluding hydrogens is 434 g/mol. The molecule has 0 spiro atoms. The molecule has 2 aromatic heterocycles. The number of ether oxygens (including phenoxy) is 2. The largest absolute Gasteiger partial charge is 0.506 e. The zero-order valence-electron chi connectivity index (χ0n) is 18.9. The lowest BCUT2D eigenvalue weighted by molar-refractivity contribution is -0.0489. The van der Waals surface area contributed by atoms with Gasteiger partial charge in [0.2, 0.25) is 0 Å². The smallest absolute Gasteiger partial charge is 0.387 e. The van der Waals surface area contributed by atoms with E-state index in [9.17, 15) is 23.5 Å². The molecule has 0 bridgehead atoms. The van der Waals surface area contributed by atoms with Crippen molar-refractivity contribution >= 4 is 16.9 Å². The molecule has 1 unspecified atom stereocenters. The first-order chi connectivity index (χ1) is 15.5. The minimum Gasteiger partial charge on any atom is -0.506 e. The van der Waals surface area contributed by atoms with Crippen molar-refractivity contribution in [1.82, 2.24) is 9.55 Å². The van der Waals surface area contributed by atoms with E-state index in [0.717, 1.165) is 12.7 Å². The van der Waals surface area contributed by atoms with E-state index in [2.05, 4.69) is 4.98 Å². The fourth-order valence-corrected chi connectivity index (χ4v) is 4.68. The number of benzene rings is 1. The van der Waals surface area contributed by atoms with Crippen LogP contribution in [-0.4, -0.2) is 34.3 Å². The molecule has 2 heterocycles. The summed E-state index contributed by atoms with van der Waals surface area (Å²) in [6, 6.07) is 4.89. The summed E-state index contributed by atoms with van der Waals surface area (Å²) in [5.74, 6) is -1.84. The van der Waals surface area contributed by atoms with E-state index in [4.69, 9.17) is 9.47 Å². The van der Waals surface area contributed by atoms with E-state index in [0.29, 0.717) is 28.6 Å². The SMILES string of the molecule is COC(=O)c1c(O)c2c(n(C)c1=O)-c1cc(OC(F)F)c3ncccc3c1CC2C(C)(C)C. The summed E-state index contributed by atoms with van der Waals surface area (Å²) in [6.45, 7) is 2.90. The number of methoxy groups -OCH3 is 1. The van der Waals surface area contributed by atoms with Gasteiger partial charge < -0.3 is 19.1 Å². The minimum atomic E-state index is -3.07. The molecule has 1 atom stereocenters. The van der Waals surface area contributed by atoms with E-state index in [1.807, 2.05) is 20.8 Å². The second kappa shape index (κ2) is 7.83. The van der Waals surface area contributed by atoms with Crippen molar-refractivity contribution in [2.45, 2.75) is 39.7 Å². The van der Waals surface area contributed by atoms with Gasteiger partial charge in [0.25, 0.3) is 5.56 Å². The monoisotopic (exact) mass is 458 g/mol. The number of hydrogen-bond donors (Lipinski definition) is 1. The van der Waals surface area contributed by atoms with E-state index in [1.165, 1.54) is 23.9 Å². The van der Waals surface area contributed by atoms with Crippen LogP contribution < -0.4 is 10.3 Å². The van der Waals surface area contributed by atoms with Crippen LogP contribution in [0.1, 0.15) is 48.2 Å². The highest BCUT2D eigenvalue weighted by Crippen LogP contribution is 2.52. The van der Waals surface area contributed by atoms with E-state index in [-0.39, 0.29) is 22.6 Å².